The van der Waals surface area contributed by atoms with Crippen LogP contribution < -0.4 is 20.9 Å². The van der Waals surface area contributed by atoms with Crippen LogP contribution in [0.2, 0.25) is 0 Å². The number of rotatable bonds is 8. The van der Waals surface area contributed by atoms with Crippen molar-refractivity contribution in [2.45, 2.75) is 19.3 Å². The van der Waals surface area contributed by atoms with Gasteiger partial charge in [0, 0.05) is 48.1 Å². The number of pyridine rings is 1. The van der Waals surface area contributed by atoms with Gasteiger partial charge in [-0.05, 0) is 86.0 Å². The van der Waals surface area contributed by atoms with E-state index in [-0.39, 0.29) is 6.03 Å². The summed E-state index contributed by atoms with van der Waals surface area (Å²) in [5.74, 6) is 1.06. The fourth-order valence-electron chi connectivity index (χ4n) is 5.89. The van der Waals surface area contributed by atoms with Crippen LogP contribution in [0.4, 0.5) is 27.8 Å². The molecule has 1 saturated heterocycles. The van der Waals surface area contributed by atoms with Crippen LogP contribution in [0.3, 0.4) is 0 Å². The lowest BCUT2D eigenvalue weighted by Crippen LogP contribution is -2.34. The molecule has 0 aliphatic carbocycles. The van der Waals surface area contributed by atoms with Crippen LogP contribution in [0.5, 0.6) is 0 Å². The predicted molar refractivity (Wildman–Crippen MR) is 180 cm³/mol. The van der Waals surface area contributed by atoms with Gasteiger partial charge in [0.1, 0.15) is 5.65 Å². The van der Waals surface area contributed by atoms with Gasteiger partial charge in [0.25, 0.3) is 0 Å². The first kappa shape index (κ1) is 28.2. The number of nitrogens with one attached hydrogen (secondary N) is 3. The SMILES string of the molecule is CCN(C(=O)Nc1cccc(-c2nc3ccccn3c2-c2ccnc(Nc3ccc(C4CCNC4)cc3)n2)c1)c1ccccc1. The van der Waals surface area contributed by atoms with Crippen molar-refractivity contribution in [1.29, 1.82) is 0 Å². The van der Waals surface area contributed by atoms with Crippen LogP contribution in [0.25, 0.3) is 28.3 Å². The van der Waals surface area contributed by atoms with E-state index >= 15 is 0 Å². The third-order valence-corrected chi connectivity index (χ3v) is 8.14. The Hall–Kier alpha value is -5.54. The summed E-state index contributed by atoms with van der Waals surface area (Å²) in [7, 11) is 0. The van der Waals surface area contributed by atoms with Crippen LogP contribution in [0, 0.1) is 0 Å². The van der Waals surface area contributed by atoms with E-state index in [1.807, 2.05) is 96.4 Å². The Morgan fingerprint density at radius 1 is 0.933 bits per heavy atom. The summed E-state index contributed by atoms with van der Waals surface area (Å²) in [6.07, 6.45) is 4.91. The van der Waals surface area contributed by atoms with E-state index in [1.165, 1.54) is 12.0 Å². The molecule has 0 bridgehead atoms. The van der Waals surface area contributed by atoms with Gasteiger partial charge in [0.05, 0.1) is 17.1 Å². The van der Waals surface area contributed by atoms with Gasteiger partial charge in [0.15, 0.2) is 0 Å². The average molecular weight is 595 g/mol. The third kappa shape index (κ3) is 5.98. The zero-order valence-electron chi connectivity index (χ0n) is 25.0. The van der Waals surface area contributed by atoms with Gasteiger partial charge in [0.2, 0.25) is 5.95 Å². The molecule has 224 valence electrons. The van der Waals surface area contributed by atoms with Crippen molar-refractivity contribution in [2.24, 2.45) is 0 Å². The largest absolute Gasteiger partial charge is 0.326 e. The van der Waals surface area contributed by atoms with Gasteiger partial charge >= 0.3 is 6.03 Å². The van der Waals surface area contributed by atoms with E-state index in [4.69, 9.17) is 9.97 Å². The number of amides is 2. The monoisotopic (exact) mass is 594 g/mol. The molecule has 45 heavy (non-hydrogen) atoms. The molecule has 4 heterocycles. The van der Waals surface area contributed by atoms with Crippen molar-refractivity contribution in [3.63, 3.8) is 0 Å². The molecule has 3 aromatic carbocycles. The topological polar surface area (TPSA) is 99.5 Å². The summed E-state index contributed by atoms with van der Waals surface area (Å²) in [4.78, 5) is 29.4. The fourth-order valence-corrected chi connectivity index (χ4v) is 5.89. The third-order valence-electron chi connectivity index (χ3n) is 8.14. The molecule has 1 atom stereocenters. The van der Waals surface area contributed by atoms with E-state index in [1.54, 1.807) is 11.1 Å². The molecule has 0 saturated carbocycles. The number of carbonyl (C=O) groups is 1. The first-order chi connectivity index (χ1) is 22.2. The molecule has 2 amide bonds. The Bertz CT molecular complexity index is 1930. The van der Waals surface area contributed by atoms with Gasteiger partial charge in [-0.25, -0.2) is 19.7 Å². The molecular formula is C36H34N8O. The van der Waals surface area contributed by atoms with Crippen molar-refractivity contribution >= 4 is 34.7 Å². The molecule has 7 rings (SSSR count). The summed E-state index contributed by atoms with van der Waals surface area (Å²) in [5, 5.41) is 9.87. The summed E-state index contributed by atoms with van der Waals surface area (Å²) >= 11 is 0. The van der Waals surface area contributed by atoms with Crippen molar-refractivity contribution in [3.05, 3.63) is 121 Å². The number of fused-ring (bicyclic) bond motifs is 1. The van der Waals surface area contributed by atoms with E-state index in [0.29, 0.717) is 24.1 Å². The Morgan fingerprint density at radius 2 is 1.78 bits per heavy atom. The first-order valence-electron chi connectivity index (χ1n) is 15.3. The molecule has 6 aromatic rings. The molecule has 1 aliphatic rings. The van der Waals surface area contributed by atoms with Gasteiger partial charge in [-0.15, -0.1) is 0 Å². The normalized spacial score (nSPS) is 14.4. The summed E-state index contributed by atoms with van der Waals surface area (Å²) < 4.78 is 2.03. The highest BCUT2D eigenvalue weighted by Gasteiger charge is 2.20. The van der Waals surface area contributed by atoms with Crippen LogP contribution >= 0.6 is 0 Å². The minimum Gasteiger partial charge on any atom is -0.324 e. The minimum atomic E-state index is -0.199. The van der Waals surface area contributed by atoms with Crippen molar-refractivity contribution in [1.82, 2.24) is 24.7 Å². The highest BCUT2D eigenvalue weighted by atomic mass is 16.2. The summed E-state index contributed by atoms with van der Waals surface area (Å²) in [5.41, 5.74) is 7.77. The quantitative estimate of drug-likeness (QED) is 0.171. The van der Waals surface area contributed by atoms with E-state index in [0.717, 1.165) is 52.8 Å². The van der Waals surface area contributed by atoms with Gasteiger partial charge in [-0.1, -0.05) is 48.5 Å². The predicted octanol–water partition coefficient (Wildman–Crippen LogP) is 7.34. The van der Waals surface area contributed by atoms with Crippen LogP contribution in [0.15, 0.2) is 116 Å². The Morgan fingerprint density at radius 3 is 2.58 bits per heavy atom. The number of aromatic nitrogens is 4. The number of hydrogen-bond donors (Lipinski definition) is 3. The van der Waals surface area contributed by atoms with Crippen molar-refractivity contribution in [2.75, 3.05) is 35.2 Å². The lowest BCUT2D eigenvalue weighted by Gasteiger charge is -2.21. The molecule has 3 aromatic heterocycles. The second kappa shape index (κ2) is 12.6. The van der Waals surface area contributed by atoms with Gasteiger partial charge in [-0.2, -0.15) is 0 Å². The maximum atomic E-state index is 13.3. The standard InChI is InChI=1S/C36H34N8O/c1-2-43(30-11-4-3-5-12-30)36(45)40-29-10-8-9-26(23-29)33-34(44-22-7-6-13-32(44)42-33)31-19-21-38-35(41-31)39-28-16-14-25(15-17-28)27-18-20-37-24-27/h3-17,19,21-23,27,37H,2,18,20,24H2,1H3,(H,40,45)(H,38,39,41). The Kier molecular flexibility index (Phi) is 7.90. The fraction of sp³-hybridized carbons (Fsp3) is 0.167. The molecule has 1 fully saturated rings. The van der Waals surface area contributed by atoms with Crippen LogP contribution in [0.1, 0.15) is 24.8 Å². The minimum absolute atomic E-state index is 0.199. The van der Waals surface area contributed by atoms with E-state index in [9.17, 15) is 4.79 Å². The van der Waals surface area contributed by atoms with Crippen LogP contribution in [-0.2, 0) is 0 Å². The zero-order chi connectivity index (χ0) is 30.6. The average Bonchev–Trinajstić information content (AvgIpc) is 3.75. The molecule has 1 aliphatic heterocycles. The Labute approximate surface area is 262 Å². The number of carbonyl (C=O) groups excluding carboxylic acids is 1. The van der Waals surface area contributed by atoms with E-state index < -0.39 is 0 Å². The van der Waals surface area contributed by atoms with Gasteiger partial charge in [-0.3, -0.25) is 9.30 Å². The summed E-state index contributed by atoms with van der Waals surface area (Å²) in [6.45, 7) is 4.60. The zero-order valence-corrected chi connectivity index (χ0v) is 25.0. The highest BCUT2D eigenvalue weighted by molar-refractivity contribution is 6.02. The highest BCUT2D eigenvalue weighted by Crippen LogP contribution is 2.34. The van der Waals surface area contributed by atoms with Crippen LogP contribution in [-0.4, -0.2) is 45.0 Å². The molecule has 9 heteroatoms. The van der Waals surface area contributed by atoms with Gasteiger partial charge < -0.3 is 16.0 Å². The number of anilines is 4. The summed E-state index contributed by atoms with van der Waals surface area (Å²) in [6, 6.07) is 33.5. The molecule has 3 N–H and O–H groups in total. The number of benzene rings is 3. The molecule has 9 nitrogen and oxygen atoms in total. The van der Waals surface area contributed by atoms with Crippen molar-refractivity contribution < 1.29 is 4.79 Å². The number of para-hydroxylation sites is 1. The number of urea groups is 1. The maximum Gasteiger partial charge on any atom is 0.326 e. The molecule has 0 radical (unpaired) electrons. The number of hydrogen-bond acceptors (Lipinski definition) is 6. The smallest absolute Gasteiger partial charge is 0.324 e. The maximum absolute atomic E-state index is 13.3. The lowest BCUT2D eigenvalue weighted by atomic mass is 9.98. The first-order valence-corrected chi connectivity index (χ1v) is 15.3. The number of nitrogens with zero attached hydrogens (tertiary/aromatic N) is 5. The Balaban J connectivity index is 1.19. The molecule has 1 unspecified atom stereocenters. The van der Waals surface area contributed by atoms with E-state index in [2.05, 4.69) is 45.2 Å². The lowest BCUT2D eigenvalue weighted by molar-refractivity contribution is 0.257. The second-order valence-corrected chi connectivity index (χ2v) is 11.0. The van der Waals surface area contributed by atoms with Crippen molar-refractivity contribution in [3.8, 4) is 22.6 Å². The molecule has 0 spiro atoms. The molecular weight excluding hydrogens is 560 g/mol. The second-order valence-electron chi connectivity index (χ2n) is 11.0. The number of imidazole rings is 1.